The minimum absolute atomic E-state index is 0.248. The van der Waals surface area contributed by atoms with Crippen LogP contribution in [0.25, 0.3) is 0 Å². The predicted molar refractivity (Wildman–Crippen MR) is 88.9 cm³/mol. The number of rotatable bonds is 6. The fraction of sp³-hybridized carbons (Fsp3) is 0.500. The van der Waals surface area contributed by atoms with Crippen molar-refractivity contribution < 1.29 is 8.42 Å². The van der Waals surface area contributed by atoms with Crippen LogP contribution in [0.15, 0.2) is 28.1 Å². The first-order valence-electron chi connectivity index (χ1n) is 7.15. The van der Waals surface area contributed by atoms with Gasteiger partial charge in [0.25, 0.3) is 0 Å². The van der Waals surface area contributed by atoms with E-state index in [4.69, 9.17) is 11.6 Å². The number of guanidine groups is 1. The molecule has 6 nitrogen and oxygen atoms in total. The second-order valence-corrected chi connectivity index (χ2v) is 7.40. The van der Waals surface area contributed by atoms with Gasteiger partial charge in [0, 0.05) is 31.2 Å². The molecule has 0 aliphatic heterocycles. The van der Waals surface area contributed by atoms with Gasteiger partial charge in [-0.1, -0.05) is 11.6 Å². The van der Waals surface area contributed by atoms with Crippen LogP contribution in [-0.4, -0.2) is 40.6 Å². The number of halogens is 1. The monoisotopic (exact) mass is 344 g/mol. The van der Waals surface area contributed by atoms with Crippen molar-refractivity contribution in [3.63, 3.8) is 0 Å². The number of sulfonamides is 1. The zero-order valence-electron chi connectivity index (χ0n) is 12.7. The van der Waals surface area contributed by atoms with Crippen molar-refractivity contribution in [1.29, 1.82) is 0 Å². The smallest absolute Gasteiger partial charge is 0.240 e. The summed E-state index contributed by atoms with van der Waals surface area (Å²) in [4.78, 5) is 4.33. The fourth-order valence-electron chi connectivity index (χ4n) is 1.97. The summed E-state index contributed by atoms with van der Waals surface area (Å²) in [5.41, 5.74) is 0.624. The van der Waals surface area contributed by atoms with Gasteiger partial charge in [-0.15, -0.1) is 0 Å². The molecule has 2 rings (SSSR count). The number of hydrogen-bond donors (Lipinski definition) is 3. The summed E-state index contributed by atoms with van der Waals surface area (Å²) in [5.74, 6) is 0.698. The summed E-state index contributed by atoms with van der Waals surface area (Å²) in [5, 5.41) is 6.83. The van der Waals surface area contributed by atoms with Crippen molar-refractivity contribution in [1.82, 2.24) is 15.4 Å². The van der Waals surface area contributed by atoms with Gasteiger partial charge in [-0.25, -0.2) is 13.1 Å². The largest absolute Gasteiger partial charge is 0.355 e. The number of benzene rings is 1. The van der Waals surface area contributed by atoms with Gasteiger partial charge in [0.1, 0.15) is 0 Å². The Bertz CT molecular complexity index is 657. The molecule has 0 saturated heterocycles. The van der Waals surface area contributed by atoms with Gasteiger partial charge in [0.15, 0.2) is 5.96 Å². The molecule has 0 radical (unpaired) electrons. The predicted octanol–water partition coefficient (Wildman–Crippen LogP) is 1.25. The van der Waals surface area contributed by atoms with Crippen LogP contribution in [-0.2, 0) is 10.0 Å². The minimum Gasteiger partial charge on any atom is -0.355 e. The Balaban J connectivity index is 1.84. The molecule has 0 bridgehead atoms. The first kappa shape index (κ1) is 17.1. The third-order valence-electron chi connectivity index (χ3n) is 3.28. The molecular formula is C14H21ClN4O2S. The van der Waals surface area contributed by atoms with Gasteiger partial charge in [-0.05, 0) is 43.5 Å². The Morgan fingerprint density at radius 3 is 2.68 bits per heavy atom. The van der Waals surface area contributed by atoms with Crippen molar-refractivity contribution in [3.05, 3.63) is 28.8 Å². The zero-order valence-corrected chi connectivity index (χ0v) is 14.3. The molecule has 0 unspecified atom stereocenters. The highest BCUT2D eigenvalue weighted by Crippen LogP contribution is 2.19. The Morgan fingerprint density at radius 1 is 1.36 bits per heavy atom. The van der Waals surface area contributed by atoms with Crippen molar-refractivity contribution >= 4 is 27.6 Å². The molecule has 122 valence electrons. The Kier molecular flexibility index (Phi) is 5.66. The normalized spacial score (nSPS) is 15.7. The van der Waals surface area contributed by atoms with Crippen LogP contribution in [0.5, 0.6) is 0 Å². The van der Waals surface area contributed by atoms with Gasteiger partial charge < -0.3 is 10.6 Å². The molecule has 8 heteroatoms. The number of nitrogens with one attached hydrogen (secondary N) is 3. The second kappa shape index (κ2) is 7.30. The van der Waals surface area contributed by atoms with E-state index in [1.54, 1.807) is 26.1 Å². The highest BCUT2D eigenvalue weighted by molar-refractivity contribution is 7.89. The molecule has 1 aromatic carbocycles. The molecule has 0 aromatic heterocycles. The molecule has 1 fully saturated rings. The second-order valence-electron chi connectivity index (χ2n) is 5.23. The van der Waals surface area contributed by atoms with Crippen molar-refractivity contribution in [3.8, 4) is 0 Å². The summed E-state index contributed by atoms with van der Waals surface area (Å²) < 4.78 is 27.0. The van der Waals surface area contributed by atoms with Gasteiger partial charge >= 0.3 is 0 Å². The average molecular weight is 345 g/mol. The molecule has 0 atom stereocenters. The van der Waals surface area contributed by atoms with Crippen molar-refractivity contribution in [2.45, 2.75) is 30.7 Å². The van der Waals surface area contributed by atoms with Crippen molar-refractivity contribution in [2.24, 2.45) is 4.99 Å². The molecule has 22 heavy (non-hydrogen) atoms. The van der Waals surface area contributed by atoms with Crippen LogP contribution in [0, 0.1) is 6.92 Å². The summed E-state index contributed by atoms with van der Waals surface area (Å²) in [6.07, 6.45) is 2.31. The van der Waals surface area contributed by atoms with E-state index in [0.29, 0.717) is 29.1 Å². The fourth-order valence-corrected chi connectivity index (χ4v) is 3.46. The third kappa shape index (κ3) is 4.86. The lowest BCUT2D eigenvalue weighted by Crippen LogP contribution is -2.42. The lowest BCUT2D eigenvalue weighted by atomic mass is 10.2. The maximum atomic E-state index is 12.2. The van der Waals surface area contributed by atoms with Crippen LogP contribution >= 0.6 is 11.6 Å². The molecule has 0 amide bonds. The molecular weight excluding hydrogens is 324 g/mol. The van der Waals surface area contributed by atoms with E-state index in [1.807, 2.05) is 0 Å². The van der Waals surface area contributed by atoms with E-state index in [9.17, 15) is 8.42 Å². The van der Waals surface area contributed by atoms with Crippen LogP contribution in [0.3, 0.4) is 0 Å². The van der Waals surface area contributed by atoms with E-state index < -0.39 is 10.0 Å². The van der Waals surface area contributed by atoms with Crippen LogP contribution in [0.4, 0.5) is 0 Å². The quantitative estimate of drug-likeness (QED) is 0.412. The van der Waals surface area contributed by atoms with Crippen molar-refractivity contribution in [2.75, 3.05) is 20.1 Å². The first-order valence-corrected chi connectivity index (χ1v) is 9.01. The van der Waals surface area contributed by atoms with E-state index in [-0.39, 0.29) is 11.4 Å². The number of aliphatic imine (C=N–C) groups is 1. The van der Waals surface area contributed by atoms with E-state index in [0.717, 1.165) is 12.8 Å². The Hall–Kier alpha value is -1.31. The van der Waals surface area contributed by atoms with Crippen LogP contribution in [0.1, 0.15) is 18.4 Å². The lowest BCUT2D eigenvalue weighted by molar-refractivity contribution is 0.580. The highest BCUT2D eigenvalue weighted by Gasteiger charge is 2.22. The number of nitrogens with zero attached hydrogens (tertiary/aromatic N) is 1. The highest BCUT2D eigenvalue weighted by atomic mass is 35.5. The molecule has 1 aromatic rings. The lowest BCUT2D eigenvalue weighted by Gasteiger charge is -2.12. The first-order chi connectivity index (χ1) is 10.4. The molecule has 1 aliphatic rings. The van der Waals surface area contributed by atoms with E-state index in [1.165, 1.54) is 6.07 Å². The summed E-state index contributed by atoms with van der Waals surface area (Å²) in [6.45, 7) is 2.45. The summed E-state index contributed by atoms with van der Waals surface area (Å²) >= 11 is 5.85. The van der Waals surface area contributed by atoms with Crippen LogP contribution < -0.4 is 15.4 Å². The molecule has 0 heterocycles. The minimum atomic E-state index is -3.53. The Morgan fingerprint density at radius 2 is 2.09 bits per heavy atom. The van der Waals surface area contributed by atoms with Crippen LogP contribution in [0.2, 0.25) is 5.02 Å². The number of aryl methyl sites for hydroxylation is 1. The van der Waals surface area contributed by atoms with Gasteiger partial charge in [0.05, 0.1) is 4.90 Å². The van der Waals surface area contributed by atoms with Gasteiger partial charge in [-0.2, -0.15) is 0 Å². The maximum absolute atomic E-state index is 12.2. The van der Waals surface area contributed by atoms with Gasteiger partial charge in [0.2, 0.25) is 10.0 Å². The zero-order chi connectivity index (χ0) is 16.2. The summed E-state index contributed by atoms with van der Waals surface area (Å²) in [7, 11) is -1.84. The molecule has 0 spiro atoms. The molecule has 3 N–H and O–H groups in total. The summed E-state index contributed by atoms with van der Waals surface area (Å²) in [6, 6.07) is 5.22. The SMILES string of the molecule is CN=C(NCCNS(=O)(=O)c1ccc(Cl)cc1C)NC1CC1. The third-order valence-corrected chi connectivity index (χ3v) is 5.13. The molecule has 1 aliphatic carbocycles. The maximum Gasteiger partial charge on any atom is 0.240 e. The molecule has 1 saturated carbocycles. The standard InChI is InChI=1S/C14H21ClN4O2S/c1-10-9-11(15)3-6-13(10)22(20,21)18-8-7-17-14(16-2)19-12-4-5-12/h3,6,9,12,18H,4-5,7-8H2,1-2H3,(H2,16,17,19). The van der Waals surface area contributed by atoms with E-state index >= 15 is 0 Å². The van der Waals surface area contributed by atoms with E-state index in [2.05, 4.69) is 20.3 Å². The average Bonchev–Trinajstić information content (AvgIpc) is 3.25. The topological polar surface area (TPSA) is 82.6 Å². The Labute approximate surface area is 136 Å². The van der Waals surface area contributed by atoms with Gasteiger partial charge in [-0.3, -0.25) is 4.99 Å². The number of hydrogen-bond acceptors (Lipinski definition) is 3.